The van der Waals surface area contributed by atoms with Gasteiger partial charge in [-0.15, -0.1) is 0 Å². The third kappa shape index (κ3) is 4.72. The normalized spacial score (nSPS) is 16.4. The average Bonchev–Trinajstić information content (AvgIpc) is 2.44. The van der Waals surface area contributed by atoms with Crippen LogP contribution in [0.25, 0.3) is 0 Å². The molecular formula is C15H22Br2N2O. The molecule has 0 unspecified atom stereocenters. The van der Waals surface area contributed by atoms with Crippen molar-refractivity contribution in [2.24, 2.45) is 5.92 Å². The lowest BCUT2D eigenvalue weighted by molar-refractivity contribution is 0.335. The smallest absolute Gasteiger partial charge is 0.147 e. The van der Waals surface area contributed by atoms with Gasteiger partial charge in [-0.25, -0.2) is 0 Å². The molecule has 2 rings (SSSR count). The third-order valence-electron chi connectivity index (χ3n) is 3.57. The van der Waals surface area contributed by atoms with Crippen LogP contribution in [0.5, 0.6) is 5.75 Å². The molecule has 0 spiro atoms. The Morgan fingerprint density at radius 2 is 1.90 bits per heavy atom. The standard InChI is InChI=1S/C15H22Br2N2O/c1-2-20-15-13(16)7-12(8-14(15)17)10-19-9-11-3-5-18-6-4-11/h7-8,11,18-19H,2-6,9-10H2,1H3. The summed E-state index contributed by atoms with van der Waals surface area (Å²) >= 11 is 7.15. The van der Waals surface area contributed by atoms with Crippen molar-refractivity contribution in [2.45, 2.75) is 26.3 Å². The maximum atomic E-state index is 5.60. The molecule has 20 heavy (non-hydrogen) atoms. The molecule has 0 atom stereocenters. The van der Waals surface area contributed by atoms with E-state index in [0.717, 1.165) is 46.8 Å². The highest BCUT2D eigenvalue weighted by molar-refractivity contribution is 9.11. The summed E-state index contributed by atoms with van der Waals surface area (Å²) in [7, 11) is 0. The quantitative estimate of drug-likeness (QED) is 0.756. The van der Waals surface area contributed by atoms with Gasteiger partial charge < -0.3 is 15.4 Å². The largest absolute Gasteiger partial charge is 0.492 e. The Labute approximate surface area is 138 Å². The van der Waals surface area contributed by atoms with Crippen molar-refractivity contribution < 1.29 is 4.74 Å². The first kappa shape index (κ1) is 16.3. The van der Waals surface area contributed by atoms with Crippen LogP contribution in [-0.2, 0) is 6.54 Å². The van der Waals surface area contributed by atoms with Gasteiger partial charge >= 0.3 is 0 Å². The summed E-state index contributed by atoms with van der Waals surface area (Å²) in [5, 5.41) is 6.97. The van der Waals surface area contributed by atoms with Gasteiger partial charge in [-0.3, -0.25) is 0 Å². The molecule has 1 aromatic carbocycles. The summed E-state index contributed by atoms with van der Waals surface area (Å²) in [6.45, 7) is 6.98. The van der Waals surface area contributed by atoms with Crippen LogP contribution in [0.4, 0.5) is 0 Å². The van der Waals surface area contributed by atoms with E-state index in [9.17, 15) is 0 Å². The fourth-order valence-electron chi connectivity index (χ4n) is 2.50. The molecule has 112 valence electrons. The lowest BCUT2D eigenvalue weighted by atomic mass is 9.98. The van der Waals surface area contributed by atoms with Crippen molar-refractivity contribution in [3.05, 3.63) is 26.6 Å². The van der Waals surface area contributed by atoms with E-state index in [1.165, 1.54) is 18.4 Å². The minimum absolute atomic E-state index is 0.671. The van der Waals surface area contributed by atoms with Gasteiger partial charge in [-0.1, -0.05) is 0 Å². The second-order valence-corrected chi connectivity index (χ2v) is 6.85. The Morgan fingerprint density at radius 3 is 2.50 bits per heavy atom. The number of benzene rings is 1. The summed E-state index contributed by atoms with van der Waals surface area (Å²) in [4.78, 5) is 0. The molecule has 0 aliphatic carbocycles. The van der Waals surface area contributed by atoms with E-state index >= 15 is 0 Å². The Balaban J connectivity index is 1.86. The number of hydrogen-bond donors (Lipinski definition) is 2. The maximum absolute atomic E-state index is 5.60. The summed E-state index contributed by atoms with van der Waals surface area (Å²) in [6.07, 6.45) is 2.56. The van der Waals surface area contributed by atoms with Crippen LogP contribution in [-0.4, -0.2) is 26.2 Å². The Bertz CT molecular complexity index is 411. The number of hydrogen-bond acceptors (Lipinski definition) is 3. The lowest BCUT2D eigenvalue weighted by Gasteiger charge is -2.23. The zero-order valence-corrected chi connectivity index (χ0v) is 15.0. The van der Waals surface area contributed by atoms with Gasteiger partial charge in [-0.05, 0) is 94.9 Å². The van der Waals surface area contributed by atoms with Crippen molar-refractivity contribution in [3.63, 3.8) is 0 Å². The van der Waals surface area contributed by atoms with Gasteiger partial charge in [-0.2, -0.15) is 0 Å². The number of ether oxygens (including phenoxy) is 1. The molecule has 1 aliphatic heterocycles. The highest BCUT2D eigenvalue weighted by Crippen LogP contribution is 2.34. The summed E-state index contributed by atoms with van der Waals surface area (Å²) in [5.74, 6) is 1.69. The van der Waals surface area contributed by atoms with E-state index < -0.39 is 0 Å². The third-order valence-corrected chi connectivity index (χ3v) is 4.75. The predicted octanol–water partition coefficient (Wildman–Crippen LogP) is 3.70. The zero-order chi connectivity index (χ0) is 14.4. The number of halogens is 2. The summed E-state index contributed by atoms with van der Waals surface area (Å²) in [5.41, 5.74) is 1.26. The summed E-state index contributed by atoms with van der Waals surface area (Å²) in [6, 6.07) is 4.26. The first-order valence-electron chi connectivity index (χ1n) is 7.23. The van der Waals surface area contributed by atoms with Crippen LogP contribution in [0.3, 0.4) is 0 Å². The highest BCUT2D eigenvalue weighted by atomic mass is 79.9. The van der Waals surface area contributed by atoms with Crippen LogP contribution >= 0.6 is 31.9 Å². The topological polar surface area (TPSA) is 33.3 Å². The van der Waals surface area contributed by atoms with E-state index in [4.69, 9.17) is 4.74 Å². The zero-order valence-electron chi connectivity index (χ0n) is 11.8. The highest BCUT2D eigenvalue weighted by Gasteiger charge is 2.13. The van der Waals surface area contributed by atoms with Crippen molar-refractivity contribution >= 4 is 31.9 Å². The van der Waals surface area contributed by atoms with Crippen LogP contribution in [0, 0.1) is 5.92 Å². The number of nitrogens with one attached hydrogen (secondary N) is 2. The molecule has 1 heterocycles. The van der Waals surface area contributed by atoms with Gasteiger partial charge in [0.15, 0.2) is 0 Å². The minimum Gasteiger partial charge on any atom is -0.492 e. The number of rotatable bonds is 6. The fraction of sp³-hybridized carbons (Fsp3) is 0.600. The van der Waals surface area contributed by atoms with Crippen molar-refractivity contribution in [1.29, 1.82) is 0 Å². The molecule has 0 amide bonds. The monoisotopic (exact) mass is 404 g/mol. The molecule has 0 aromatic heterocycles. The first-order chi connectivity index (χ1) is 9.70. The van der Waals surface area contributed by atoms with Crippen molar-refractivity contribution in [1.82, 2.24) is 10.6 Å². The van der Waals surface area contributed by atoms with Gasteiger partial charge in [0.05, 0.1) is 15.6 Å². The minimum atomic E-state index is 0.671. The van der Waals surface area contributed by atoms with E-state index in [1.807, 2.05) is 6.92 Å². The Kier molecular flexibility index (Phi) is 6.81. The first-order valence-corrected chi connectivity index (χ1v) is 8.81. The molecule has 0 radical (unpaired) electrons. The predicted molar refractivity (Wildman–Crippen MR) is 90.3 cm³/mol. The van der Waals surface area contributed by atoms with Crippen molar-refractivity contribution in [2.75, 3.05) is 26.2 Å². The SMILES string of the molecule is CCOc1c(Br)cc(CNCC2CCNCC2)cc1Br. The molecule has 1 aromatic rings. The summed E-state index contributed by atoms with van der Waals surface area (Å²) < 4.78 is 7.61. The van der Waals surface area contributed by atoms with Gasteiger partial charge in [0.1, 0.15) is 5.75 Å². The van der Waals surface area contributed by atoms with Crippen molar-refractivity contribution in [3.8, 4) is 5.75 Å². The van der Waals surface area contributed by atoms with Crippen LogP contribution < -0.4 is 15.4 Å². The molecule has 3 nitrogen and oxygen atoms in total. The average molecular weight is 406 g/mol. The van der Waals surface area contributed by atoms with Gasteiger partial charge in [0, 0.05) is 6.54 Å². The molecule has 5 heteroatoms. The number of piperidine rings is 1. The van der Waals surface area contributed by atoms with E-state index in [1.54, 1.807) is 0 Å². The Morgan fingerprint density at radius 1 is 1.25 bits per heavy atom. The molecule has 0 saturated carbocycles. The van der Waals surface area contributed by atoms with E-state index in [0.29, 0.717) is 6.61 Å². The molecular weight excluding hydrogens is 384 g/mol. The Hall–Kier alpha value is -0.100. The molecule has 1 saturated heterocycles. The second kappa shape index (κ2) is 8.37. The molecule has 1 aliphatic rings. The maximum Gasteiger partial charge on any atom is 0.147 e. The molecule has 0 bridgehead atoms. The van der Waals surface area contributed by atoms with Crippen LogP contribution in [0.2, 0.25) is 0 Å². The van der Waals surface area contributed by atoms with Gasteiger partial charge in [0.2, 0.25) is 0 Å². The van der Waals surface area contributed by atoms with Gasteiger partial charge in [0.25, 0.3) is 0 Å². The molecule has 1 fully saturated rings. The second-order valence-electron chi connectivity index (χ2n) is 5.15. The lowest BCUT2D eigenvalue weighted by Crippen LogP contribution is -2.33. The van der Waals surface area contributed by atoms with E-state index in [2.05, 4.69) is 54.6 Å². The van der Waals surface area contributed by atoms with Crippen LogP contribution in [0.15, 0.2) is 21.1 Å². The molecule has 2 N–H and O–H groups in total. The van der Waals surface area contributed by atoms with E-state index in [-0.39, 0.29) is 0 Å². The fourth-order valence-corrected chi connectivity index (χ4v) is 4.01. The van der Waals surface area contributed by atoms with Crippen LogP contribution in [0.1, 0.15) is 25.3 Å².